The predicted molar refractivity (Wildman–Crippen MR) is 127 cm³/mol. The molecule has 4 rings (SSSR count). The summed E-state index contributed by atoms with van der Waals surface area (Å²) in [7, 11) is 0. The first-order valence-electron chi connectivity index (χ1n) is 11.9. The third-order valence-corrected chi connectivity index (χ3v) is 6.91. The van der Waals surface area contributed by atoms with Gasteiger partial charge < -0.3 is 4.74 Å². The maximum absolute atomic E-state index is 15.0. The first kappa shape index (κ1) is 23.4. The molecule has 1 nitrogen and oxygen atoms in total. The number of hydrogen-bond acceptors (Lipinski definition) is 1. The molecular formula is C29H31F3O. The summed E-state index contributed by atoms with van der Waals surface area (Å²) >= 11 is 0. The van der Waals surface area contributed by atoms with Crippen LogP contribution >= 0.6 is 0 Å². The lowest BCUT2D eigenvalue weighted by Gasteiger charge is -2.29. The lowest BCUT2D eigenvalue weighted by Crippen LogP contribution is -2.15. The molecule has 0 atom stereocenters. The predicted octanol–water partition coefficient (Wildman–Crippen LogP) is 8.73. The van der Waals surface area contributed by atoms with Gasteiger partial charge in [0.25, 0.3) is 0 Å². The second-order valence-electron chi connectivity index (χ2n) is 9.23. The van der Waals surface area contributed by atoms with Gasteiger partial charge in [0.05, 0.1) is 0 Å². The van der Waals surface area contributed by atoms with Gasteiger partial charge in [-0.2, -0.15) is 0 Å². The van der Waals surface area contributed by atoms with Crippen LogP contribution < -0.4 is 4.74 Å². The van der Waals surface area contributed by atoms with Crippen molar-refractivity contribution in [2.24, 2.45) is 5.92 Å². The molecule has 0 amide bonds. The molecule has 3 aromatic carbocycles. The second kappa shape index (κ2) is 10.5. The van der Waals surface area contributed by atoms with E-state index >= 15 is 8.78 Å². The molecule has 0 aromatic heterocycles. The van der Waals surface area contributed by atoms with E-state index in [4.69, 9.17) is 4.74 Å². The zero-order chi connectivity index (χ0) is 23.4. The van der Waals surface area contributed by atoms with Crippen LogP contribution in [0.4, 0.5) is 13.2 Å². The Morgan fingerprint density at radius 2 is 1.58 bits per heavy atom. The second-order valence-corrected chi connectivity index (χ2v) is 9.23. The van der Waals surface area contributed by atoms with Gasteiger partial charge in [0.15, 0.2) is 11.6 Å². The highest BCUT2D eigenvalue weighted by Gasteiger charge is 2.26. The smallest absolute Gasteiger partial charge is 0.166 e. The van der Waals surface area contributed by atoms with Gasteiger partial charge >= 0.3 is 0 Å². The molecule has 0 unspecified atom stereocenters. The number of rotatable bonds is 7. The van der Waals surface area contributed by atoms with E-state index in [-0.39, 0.29) is 23.9 Å². The van der Waals surface area contributed by atoms with Crippen LogP contribution in [0.1, 0.15) is 68.1 Å². The van der Waals surface area contributed by atoms with E-state index in [1.165, 1.54) is 18.9 Å². The van der Waals surface area contributed by atoms with Crippen molar-refractivity contribution in [2.45, 2.75) is 64.9 Å². The number of hydrogen-bond donors (Lipinski definition) is 0. The van der Waals surface area contributed by atoms with E-state index in [1.807, 2.05) is 12.1 Å². The van der Waals surface area contributed by atoms with E-state index in [0.717, 1.165) is 37.2 Å². The normalized spacial score (nSPS) is 18.3. The van der Waals surface area contributed by atoms with E-state index in [9.17, 15) is 4.39 Å². The first-order valence-corrected chi connectivity index (χ1v) is 11.9. The van der Waals surface area contributed by atoms with Gasteiger partial charge in [-0.1, -0.05) is 62.2 Å². The Bertz CT molecular complexity index is 1080. The molecule has 0 aliphatic heterocycles. The topological polar surface area (TPSA) is 9.23 Å². The van der Waals surface area contributed by atoms with Crippen LogP contribution in [0, 0.1) is 30.3 Å². The van der Waals surface area contributed by atoms with Gasteiger partial charge in [-0.3, -0.25) is 0 Å². The number of aryl methyl sites for hydroxylation is 1. The van der Waals surface area contributed by atoms with Crippen LogP contribution in [-0.4, -0.2) is 0 Å². The van der Waals surface area contributed by atoms with Gasteiger partial charge in [0.1, 0.15) is 18.2 Å². The zero-order valence-corrected chi connectivity index (χ0v) is 19.3. The fourth-order valence-electron chi connectivity index (χ4n) is 4.88. The van der Waals surface area contributed by atoms with Gasteiger partial charge in [-0.15, -0.1) is 0 Å². The van der Waals surface area contributed by atoms with Crippen LogP contribution in [-0.2, 0) is 6.61 Å². The molecule has 4 heteroatoms. The van der Waals surface area contributed by atoms with E-state index < -0.39 is 11.6 Å². The summed E-state index contributed by atoms with van der Waals surface area (Å²) in [6.45, 7) is 4.16. The summed E-state index contributed by atoms with van der Waals surface area (Å²) in [5.74, 6) is -0.506. The lowest BCUT2D eigenvalue weighted by molar-refractivity contribution is 0.303. The van der Waals surface area contributed by atoms with Crippen LogP contribution in [0.2, 0.25) is 0 Å². The van der Waals surface area contributed by atoms with Crippen molar-refractivity contribution in [3.63, 3.8) is 0 Å². The molecule has 0 spiro atoms. The number of ether oxygens (including phenoxy) is 1. The molecule has 33 heavy (non-hydrogen) atoms. The van der Waals surface area contributed by atoms with Gasteiger partial charge in [0, 0.05) is 11.6 Å². The Balaban J connectivity index is 1.43. The summed E-state index contributed by atoms with van der Waals surface area (Å²) < 4.78 is 49.3. The highest BCUT2D eigenvalue weighted by molar-refractivity contribution is 5.65. The third-order valence-electron chi connectivity index (χ3n) is 6.91. The van der Waals surface area contributed by atoms with Gasteiger partial charge in [-0.25, -0.2) is 13.2 Å². The van der Waals surface area contributed by atoms with Crippen LogP contribution in [0.25, 0.3) is 11.1 Å². The average Bonchev–Trinajstić information content (AvgIpc) is 2.83. The fraction of sp³-hybridized carbons (Fsp3) is 0.379. The Morgan fingerprint density at radius 1 is 0.848 bits per heavy atom. The minimum Gasteiger partial charge on any atom is -0.489 e. The van der Waals surface area contributed by atoms with Crippen molar-refractivity contribution in [2.75, 3.05) is 0 Å². The van der Waals surface area contributed by atoms with Gasteiger partial charge in [-0.05, 0) is 72.8 Å². The fourth-order valence-corrected chi connectivity index (χ4v) is 4.88. The van der Waals surface area contributed by atoms with E-state index in [2.05, 4.69) is 6.92 Å². The van der Waals surface area contributed by atoms with Gasteiger partial charge in [0.2, 0.25) is 0 Å². The molecule has 1 saturated carbocycles. The van der Waals surface area contributed by atoms with Crippen molar-refractivity contribution < 1.29 is 17.9 Å². The summed E-state index contributed by atoms with van der Waals surface area (Å²) in [4.78, 5) is 0. The molecule has 0 saturated heterocycles. The molecule has 0 radical (unpaired) electrons. The summed E-state index contributed by atoms with van der Waals surface area (Å²) in [6, 6.07) is 15.4. The molecule has 3 aromatic rings. The molecule has 1 aliphatic rings. The van der Waals surface area contributed by atoms with Crippen molar-refractivity contribution >= 4 is 0 Å². The quantitative estimate of drug-likeness (QED) is 0.348. The average molecular weight is 453 g/mol. The summed E-state index contributed by atoms with van der Waals surface area (Å²) in [5.41, 5.74) is 2.83. The lowest BCUT2D eigenvalue weighted by atomic mass is 9.77. The number of halogens is 3. The van der Waals surface area contributed by atoms with Crippen LogP contribution in [0.15, 0.2) is 54.6 Å². The minimum atomic E-state index is -0.776. The highest BCUT2D eigenvalue weighted by atomic mass is 19.2. The molecule has 0 N–H and O–H groups in total. The maximum atomic E-state index is 15.0. The highest BCUT2D eigenvalue weighted by Crippen LogP contribution is 2.40. The third kappa shape index (κ3) is 5.43. The Hall–Kier alpha value is -2.75. The van der Waals surface area contributed by atoms with Crippen molar-refractivity contribution in [1.29, 1.82) is 0 Å². The molecule has 1 aliphatic carbocycles. The maximum Gasteiger partial charge on any atom is 0.166 e. The van der Waals surface area contributed by atoms with Crippen LogP contribution in [0.3, 0.4) is 0 Å². The number of benzene rings is 3. The largest absolute Gasteiger partial charge is 0.489 e. The molecule has 0 heterocycles. The standard InChI is InChI=1S/C29H31F3O/c1-3-4-20-6-10-22(11-7-20)25-15-16-26(29(32)28(25)31)23-12-8-21(9-13-23)18-33-24-14-5-19(2)27(30)17-24/h5,8-9,12-17,20,22H,3-4,6-7,10-11,18H2,1-2H3. The van der Waals surface area contributed by atoms with Crippen molar-refractivity contribution in [1.82, 2.24) is 0 Å². The van der Waals surface area contributed by atoms with E-state index in [1.54, 1.807) is 43.3 Å². The van der Waals surface area contributed by atoms with E-state index in [0.29, 0.717) is 22.4 Å². The van der Waals surface area contributed by atoms with Crippen molar-refractivity contribution in [3.8, 4) is 16.9 Å². The molecule has 0 bridgehead atoms. The Kier molecular flexibility index (Phi) is 7.42. The van der Waals surface area contributed by atoms with Crippen LogP contribution in [0.5, 0.6) is 5.75 Å². The Labute approximate surface area is 194 Å². The SMILES string of the molecule is CCCC1CCC(c2ccc(-c3ccc(COc4ccc(C)c(F)c4)cc3)c(F)c2F)CC1. The summed E-state index contributed by atoms with van der Waals surface area (Å²) in [5, 5.41) is 0. The minimum absolute atomic E-state index is 0.104. The molecular weight excluding hydrogens is 421 g/mol. The Morgan fingerprint density at radius 3 is 2.24 bits per heavy atom. The monoisotopic (exact) mass is 452 g/mol. The summed E-state index contributed by atoms with van der Waals surface area (Å²) in [6.07, 6.45) is 6.47. The molecule has 1 fully saturated rings. The first-order chi connectivity index (χ1) is 16.0. The molecule has 174 valence electrons. The van der Waals surface area contributed by atoms with Crippen molar-refractivity contribution in [3.05, 3.63) is 88.7 Å². The zero-order valence-electron chi connectivity index (χ0n) is 19.3.